The zero-order valence-corrected chi connectivity index (χ0v) is 20.7. The third-order valence-electron chi connectivity index (χ3n) is 5.38. The number of carbonyl (C=O) groups is 2. The molecular weight excluding hydrogens is 475 g/mol. The zero-order chi connectivity index (χ0) is 21.5. The van der Waals surface area contributed by atoms with Gasteiger partial charge >= 0.3 is 0 Å². The van der Waals surface area contributed by atoms with Crippen molar-refractivity contribution in [2.45, 2.75) is 16.2 Å². The molecule has 1 aliphatic heterocycles. The highest BCUT2D eigenvalue weighted by molar-refractivity contribution is 7.99. The molecule has 0 atom stereocenters. The molecule has 1 amide bonds. The van der Waals surface area contributed by atoms with Crippen LogP contribution in [-0.2, 0) is 11.2 Å². The van der Waals surface area contributed by atoms with Gasteiger partial charge in [-0.3, -0.25) is 14.5 Å². The minimum atomic E-state index is 0. The van der Waals surface area contributed by atoms with E-state index in [1.807, 2.05) is 65.6 Å². The molecule has 1 aliphatic rings. The van der Waals surface area contributed by atoms with Gasteiger partial charge < -0.3 is 4.90 Å². The molecule has 4 nitrogen and oxygen atoms in total. The van der Waals surface area contributed by atoms with E-state index in [0.717, 1.165) is 24.2 Å². The Labute approximate surface area is 212 Å². The lowest BCUT2D eigenvalue weighted by atomic mass is 10.1. The highest BCUT2D eigenvalue weighted by atomic mass is 35.5. The average Bonchev–Trinajstić information content (AvgIpc) is 2.82. The molecule has 0 radical (unpaired) electrons. The van der Waals surface area contributed by atoms with Crippen molar-refractivity contribution in [3.8, 4) is 0 Å². The largest absolute Gasteiger partial charge is 0.336 e. The number of benzene rings is 3. The molecule has 33 heavy (non-hydrogen) atoms. The molecule has 0 aromatic heterocycles. The maximum Gasteiger partial charge on any atom is 0.253 e. The predicted molar refractivity (Wildman–Crippen MR) is 139 cm³/mol. The summed E-state index contributed by atoms with van der Waals surface area (Å²) in [6.07, 6.45) is 0.444. The van der Waals surface area contributed by atoms with Gasteiger partial charge in [-0.1, -0.05) is 60.3 Å². The first-order chi connectivity index (χ1) is 15.2. The molecule has 174 valence electrons. The summed E-state index contributed by atoms with van der Waals surface area (Å²) in [5, 5.41) is 0. The maximum absolute atomic E-state index is 12.6. The number of halogens is 2. The number of nitrogens with zero attached hydrogens (tertiary/aromatic N) is 2. The third-order valence-corrected chi connectivity index (χ3v) is 6.40. The molecule has 7 heteroatoms. The number of rotatable bonds is 7. The lowest BCUT2D eigenvalue weighted by molar-refractivity contribution is -0.119. The van der Waals surface area contributed by atoms with E-state index in [1.54, 1.807) is 11.8 Å². The monoisotopic (exact) mass is 502 g/mol. The number of hydrogen-bond donors (Lipinski definition) is 0. The van der Waals surface area contributed by atoms with E-state index in [2.05, 4.69) is 29.2 Å². The van der Waals surface area contributed by atoms with E-state index in [1.165, 1.54) is 9.79 Å². The van der Waals surface area contributed by atoms with Crippen LogP contribution in [0, 0.1) is 0 Å². The minimum absolute atomic E-state index is 0. The molecule has 0 spiro atoms. The summed E-state index contributed by atoms with van der Waals surface area (Å²) < 4.78 is 0. The van der Waals surface area contributed by atoms with Gasteiger partial charge in [-0.2, -0.15) is 0 Å². The Hall–Kier alpha value is -2.31. The average molecular weight is 503 g/mol. The molecule has 1 heterocycles. The van der Waals surface area contributed by atoms with Gasteiger partial charge in [0.15, 0.2) is 5.78 Å². The van der Waals surface area contributed by atoms with Crippen molar-refractivity contribution in [2.75, 3.05) is 32.7 Å². The Morgan fingerprint density at radius 2 is 1.24 bits per heavy atom. The van der Waals surface area contributed by atoms with Gasteiger partial charge in [0.2, 0.25) is 0 Å². The summed E-state index contributed by atoms with van der Waals surface area (Å²) in [4.78, 5) is 31.5. The summed E-state index contributed by atoms with van der Waals surface area (Å²) in [7, 11) is 0. The second-order valence-corrected chi connectivity index (χ2v) is 8.86. The number of amides is 1. The van der Waals surface area contributed by atoms with Crippen LogP contribution in [0.5, 0.6) is 0 Å². The minimum Gasteiger partial charge on any atom is -0.336 e. The quantitative estimate of drug-likeness (QED) is 0.442. The van der Waals surface area contributed by atoms with Gasteiger partial charge in [0, 0.05) is 48.0 Å². The first-order valence-electron chi connectivity index (χ1n) is 10.6. The fraction of sp³-hybridized carbons (Fsp3) is 0.231. The van der Waals surface area contributed by atoms with Crippen LogP contribution in [0.2, 0.25) is 0 Å². The van der Waals surface area contributed by atoms with Crippen LogP contribution in [-0.4, -0.2) is 54.2 Å². The van der Waals surface area contributed by atoms with Gasteiger partial charge in [0.1, 0.15) is 0 Å². The van der Waals surface area contributed by atoms with Gasteiger partial charge in [-0.05, 0) is 42.0 Å². The standard InChI is InChI=1S/C26H26N2O2S.2ClH/c29-23(19-21-11-13-25(14-12-21)31-24-9-5-2-6-10-24)20-27-15-17-28(18-16-27)26(30)22-7-3-1-4-8-22;;/h1-14H,15-20H2;2*1H. The van der Waals surface area contributed by atoms with Gasteiger partial charge in [0.25, 0.3) is 5.91 Å². The van der Waals surface area contributed by atoms with E-state index in [0.29, 0.717) is 26.1 Å². The summed E-state index contributed by atoms with van der Waals surface area (Å²) >= 11 is 1.72. The second kappa shape index (κ2) is 13.4. The number of ketones is 1. The van der Waals surface area contributed by atoms with Gasteiger partial charge in [-0.15, -0.1) is 24.8 Å². The molecule has 3 aromatic carbocycles. The van der Waals surface area contributed by atoms with Crippen molar-refractivity contribution >= 4 is 48.3 Å². The fourth-order valence-corrected chi connectivity index (χ4v) is 4.54. The first kappa shape index (κ1) is 26.9. The maximum atomic E-state index is 12.6. The van der Waals surface area contributed by atoms with Crippen LogP contribution >= 0.6 is 36.6 Å². The smallest absolute Gasteiger partial charge is 0.253 e. The van der Waals surface area contributed by atoms with Crippen molar-refractivity contribution < 1.29 is 9.59 Å². The van der Waals surface area contributed by atoms with E-state index in [9.17, 15) is 9.59 Å². The summed E-state index contributed by atoms with van der Waals surface area (Å²) in [5.74, 6) is 0.284. The Morgan fingerprint density at radius 1 is 0.697 bits per heavy atom. The van der Waals surface area contributed by atoms with Crippen LogP contribution in [0.3, 0.4) is 0 Å². The van der Waals surface area contributed by atoms with Crippen molar-refractivity contribution in [2.24, 2.45) is 0 Å². The Bertz CT molecular complexity index is 1010. The van der Waals surface area contributed by atoms with Crippen molar-refractivity contribution in [1.29, 1.82) is 0 Å². The lowest BCUT2D eigenvalue weighted by Crippen LogP contribution is -2.50. The van der Waals surface area contributed by atoms with E-state index >= 15 is 0 Å². The Balaban J connectivity index is 0.00000193. The predicted octanol–water partition coefficient (Wildman–Crippen LogP) is 5.25. The summed E-state index contributed by atoms with van der Waals surface area (Å²) in [6.45, 7) is 3.22. The first-order valence-corrected chi connectivity index (χ1v) is 11.4. The van der Waals surface area contributed by atoms with E-state index in [-0.39, 0.29) is 36.5 Å². The number of hydrogen-bond acceptors (Lipinski definition) is 4. The van der Waals surface area contributed by atoms with Crippen molar-refractivity contribution in [3.63, 3.8) is 0 Å². The van der Waals surface area contributed by atoms with Crippen LogP contribution in [0.15, 0.2) is 94.7 Å². The van der Waals surface area contributed by atoms with Crippen molar-refractivity contribution in [3.05, 3.63) is 96.1 Å². The number of Topliss-reactive ketones (excluding diaryl/α,β-unsaturated/α-hetero) is 1. The molecule has 4 rings (SSSR count). The highest BCUT2D eigenvalue weighted by Crippen LogP contribution is 2.27. The van der Waals surface area contributed by atoms with Crippen LogP contribution < -0.4 is 0 Å². The van der Waals surface area contributed by atoms with E-state index in [4.69, 9.17) is 0 Å². The highest BCUT2D eigenvalue weighted by Gasteiger charge is 2.23. The molecule has 0 saturated carbocycles. The van der Waals surface area contributed by atoms with Crippen molar-refractivity contribution in [1.82, 2.24) is 9.80 Å². The Kier molecular flexibility index (Phi) is 10.9. The van der Waals surface area contributed by atoms with Crippen LogP contribution in [0.4, 0.5) is 0 Å². The topological polar surface area (TPSA) is 40.6 Å². The van der Waals surface area contributed by atoms with Gasteiger partial charge in [-0.25, -0.2) is 0 Å². The molecule has 0 bridgehead atoms. The fourth-order valence-electron chi connectivity index (χ4n) is 3.71. The SMILES string of the molecule is Cl.Cl.O=C(Cc1ccc(Sc2ccccc2)cc1)CN1CCN(C(=O)c2ccccc2)CC1. The third kappa shape index (κ3) is 7.90. The molecule has 3 aromatic rings. The zero-order valence-electron chi connectivity index (χ0n) is 18.3. The normalized spacial score (nSPS) is 13.5. The molecule has 0 aliphatic carbocycles. The number of piperazine rings is 1. The number of carbonyl (C=O) groups excluding carboxylic acids is 2. The summed E-state index contributed by atoms with van der Waals surface area (Å²) in [5.41, 5.74) is 1.77. The molecule has 0 unspecified atom stereocenters. The Morgan fingerprint density at radius 3 is 1.85 bits per heavy atom. The lowest BCUT2D eigenvalue weighted by Gasteiger charge is -2.34. The van der Waals surface area contributed by atoms with E-state index < -0.39 is 0 Å². The van der Waals surface area contributed by atoms with Crippen LogP contribution in [0.25, 0.3) is 0 Å². The molecule has 1 fully saturated rings. The molecule has 1 saturated heterocycles. The van der Waals surface area contributed by atoms with Gasteiger partial charge in [0.05, 0.1) is 6.54 Å². The van der Waals surface area contributed by atoms with Crippen LogP contribution in [0.1, 0.15) is 15.9 Å². The molecular formula is C26H28Cl2N2O2S. The second-order valence-electron chi connectivity index (χ2n) is 7.71. The molecule has 0 N–H and O–H groups in total. The summed E-state index contributed by atoms with van der Waals surface area (Å²) in [6, 6.07) is 27.9.